The molecule has 2 aliphatic rings. The van der Waals surface area contributed by atoms with Crippen LogP contribution in [0.4, 0.5) is 5.69 Å². The van der Waals surface area contributed by atoms with Gasteiger partial charge >= 0.3 is 0 Å². The van der Waals surface area contributed by atoms with E-state index < -0.39 is 0 Å². The summed E-state index contributed by atoms with van der Waals surface area (Å²) in [5.41, 5.74) is 4.67. The molecule has 0 aliphatic carbocycles. The Labute approximate surface area is 203 Å². The van der Waals surface area contributed by atoms with Gasteiger partial charge in [0.15, 0.2) is 0 Å². The average Bonchev–Trinajstić information content (AvgIpc) is 3.28. The molecule has 0 atom stereocenters. The van der Waals surface area contributed by atoms with Gasteiger partial charge in [-0.3, -0.25) is 9.59 Å². The number of hydrogen-bond donors (Lipinski definition) is 4. The summed E-state index contributed by atoms with van der Waals surface area (Å²) in [7, 11) is 0. The van der Waals surface area contributed by atoms with Crippen LogP contribution in [0.3, 0.4) is 0 Å². The molecule has 2 fully saturated rings. The van der Waals surface area contributed by atoms with Gasteiger partial charge in [-0.2, -0.15) is 5.10 Å². The van der Waals surface area contributed by atoms with Crippen molar-refractivity contribution in [3.05, 3.63) is 75.7 Å². The van der Waals surface area contributed by atoms with Gasteiger partial charge < -0.3 is 20.9 Å². The highest BCUT2D eigenvalue weighted by molar-refractivity contribution is 6.11. The molecule has 0 bridgehead atoms. The maximum atomic E-state index is 13.2. The topological polar surface area (TPSA) is 103 Å². The fraction of sp³-hybridized carbons (Fsp3) is 0.370. The Morgan fingerprint density at radius 1 is 0.914 bits per heavy atom. The summed E-state index contributed by atoms with van der Waals surface area (Å²) in [5.74, 6) is 0.643. The summed E-state index contributed by atoms with van der Waals surface area (Å²) >= 11 is 0. The van der Waals surface area contributed by atoms with E-state index in [1.807, 2.05) is 34.8 Å². The van der Waals surface area contributed by atoms with Gasteiger partial charge in [0.05, 0.1) is 22.3 Å². The van der Waals surface area contributed by atoms with Gasteiger partial charge in [-0.25, -0.2) is 4.52 Å². The van der Waals surface area contributed by atoms with Crippen LogP contribution in [0.1, 0.15) is 59.1 Å². The van der Waals surface area contributed by atoms with Crippen molar-refractivity contribution < 1.29 is 4.79 Å². The number of benzene rings is 2. The van der Waals surface area contributed by atoms with Gasteiger partial charge in [-0.1, -0.05) is 18.2 Å². The van der Waals surface area contributed by atoms with Crippen molar-refractivity contribution in [3.8, 4) is 0 Å². The second-order valence-electron chi connectivity index (χ2n) is 9.64. The number of carbonyl (C=O) groups excluding carboxylic acids is 1. The number of H-pyrrole nitrogens is 1. The fourth-order valence-corrected chi connectivity index (χ4v) is 5.56. The predicted molar refractivity (Wildman–Crippen MR) is 137 cm³/mol. The molecule has 4 heterocycles. The molecular formula is C27H30N6O2. The number of carbonyl (C=O) groups is 1. The third kappa shape index (κ3) is 4.24. The van der Waals surface area contributed by atoms with Crippen molar-refractivity contribution in [3.63, 3.8) is 0 Å². The number of nitrogens with zero attached hydrogens (tertiary/aromatic N) is 2. The van der Waals surface area contributed by atoms with Crippen molar-refractivity contribution >= 4 is 28.1 Å². The Morgan fingerprint density at radius 2 is 1.60 bits per heavy atom. The average molecular weight is 471 g/mol. The Hall–Kier alpha value is -3.49. The quantitative estimate of drug-likeness (QED) is 0.366. The summed E-state index contributed by atoms with van der Waals surface area (Å²) in [4.78, 5) is 28.7. The molecule has 4 aromatic rings. The van der Waals surface area contributed by atoms with Gasteiger partial charge in [-0.05, 0) is 87.6 Å². The predicted octanol–water partition coefficient (Wildman–Crippen LogP) is 3.36. The Morgan fingerprint density at radius 3 is 2.31 bits per heavy atom. The Bertz CT molecular complexity index is 1430. The van der Waals surface area contributed by atoms with Crippen LogP contribution in [-0.4, -0.2) is 46.7 Å². The lowest BCUT2D eigenvalue weighted by atomic mass is 9.90. The first-order valence-corrected chi connectivity index (χ1v) is 12.5. The lowest BCUT2D eigenvalue weighted by Gasteiger charge is -2.23. The molecule has 2 aromatic carbocycles. The second kappa shape index (κ2) is 9.28. The van der Waals surface area contributed by atoms with Gasteiger partial charge in [0, 0.05) is 17.5 Å². The van der Waals surface area contributed by atoms with E-state index in [0.717, 1.165) is 68.5 Å². The maximum Gasteiger partial charge on any atom is 0.255 e. The zero-order chi connectivity index (χ0) is 23.8. The zero-order valence-electron chi connectivity index (χ0n) is 19.6. The van der Waals surface area contributed by atoms with E-state index in [1.54, 1.807) is 6.07 Å². The number of rotatable bonds is 4. The molecule has 0 radical (unpaired) electrons. The molecule has 0 saturated carbocycles. The summed E-state index contributed by atoms with van der Waals surface area (Å²) in [6, 6.07) is 15.3. The minimum absolute atomic E-state index is 0.150. The normalized spacial score (nSPS) is 17.7. The van der Waals surface area contributed by atoms with Crippen molar-refractivity contribution in [2.45, 2.75) is 37.5 Å². The van der Waals surface area contributed by atoms with Crippen molar-refractivity contribution in [2.75, 3.05) is 31.5 Å². The number of anilines is 1. The van der Waals surface area contributed by atoms with Gasteiger partial charge in [0.1, 0.15) is 5.65 Å². The first-order chi connectivity index (χ1) is 17.2. The summed E-state index contributed by atoms with van der Waals surface area (Å²) in [6.07, 6.45) is 4.18. The third-order valence-corrected chi connectivity index (χ3v) is 7.45. The smallest absolute Gasteiger partial charge is 0.255 e. The van der Waals surface area contributed by atoms with Crippen LogP contribution >= 0.6 is 0 Å². The largest absolute Gasteiger partial charge is 0.321 e. The molecule has 35 heavy (non-hydrogen) atoms. The number of aromatic amines is 1. The summed E-state index contributed by atoms with van der Waals surface area (Å²) < 4.78 is 1.85. The summed E-state index contributed by atoms with van der Waals surface area (Å²) in [5, 5.41) is 15.4. The first kappa shape index (κ1) is 22.0. The fourth-order valence-electron chi connectivity index (χ4n) is 5.56. The first-order valence-electron chi connectivity index (χ1n) is 12.5. The summed E-state index contributed by atoms with van der Waals surface area (Å²) in [6.45, 7) is 3.94. The van der Waals surface area contributed by atoms with E-state index in [1.165, 1.54) is 5.56 Å². The van der Waals surface area contributed by atoms with Gasteiger partial charge in [0.25, 0.3) is 11.5 Å². The number of fused-ring (bicyclic) bond motifs is 3. The van der Waals surface area contributed by atoms with E-state index in [0.29, 0.717) is 22.8 Å². The molecule has 2 aliphatic heterocycles. The van der Waals surface area contributed by atoms with E-state index in [2.05, 4.69) is 33.1 Å². The zero-order valence-corrected chi connectivity index (χ0v) is 19.6. The van der Waals surface area contributed by atoms with Crippen LogP contribution in [0.2, 0.25) is 0 Å². The highest BCUT2D eigenvalue weighted by atomic mass is 16.1. The number of amides is 1. The lowest BCUT2D eigenvalue weighted by molar-refractivity contribution is 0.102. The molecule has 180 valence electrons. The number of nitrogens with one attached hydrogen (secondary N) is 4. The van der Waals surface area contributed by atoms with Crippen LogP contribution in [0.15, 0.2) is 53.3 Å². The minimum Gasteiger partial charge on any atom is -0.321 e. The van der Waals surface area contributed by atoms with E-state index in [-0.39, 0.29) is 17.4 Å². The van der Waals surface area contributed by atoms with E-state index >= 15 is 0 Å². The van der Waals surface area contributed by atoms with Crippen LogP contribution in [0, 0.1) is 0 Å². The highest BCUT2D eigenvalue weighted by Crippen LogP contribution is 2.31. The van der Waals surface area contributed by atoms with Crippen LogP contribution < -0.4 is 21.5 Å². The molecule has 8 heteroatoms. The Kier molecular flexibility index (Phi) is 5.83. The molecule has 0 spiro atoms. The molecular weight excluding hydrogens is 440 g/mol. The monoisotopic (exact) mass is 470 g/mol. The molecule has 4 N–H and O–H groups in total. The number of hydrogen-bond acceptors (Lipinski definition) is 5. The van der Waals surface area contributed by atoms with Gasteiger partial charge in [0.2, 0.25) is 0 Å². The van der Waals surface area contributed by atoms with Crippen molar-refractivity contribution in [1.29, 1.82) is 0 Å². The molecule has 0 unspecified atom stereocenters. The van der Waals surface area contributed by atoms with Gasteiger partial charge in [-0.15, -0.1) is 0 Å². The Balaban J connectivity index is 1.33. The molecule has 2 saturated heterocycles. The SMILES string of the molecule is O=C(Nc1cccc2nn3c(C4CCNCC4)cc(=O)[nH]c3c12)c1ccc(C2CCNCC2)cc1. The lowest BCUT2D eigenvalue weighted by Crippen LogP contribution is -2.28. The number of piperidine rings is 2. The maximum absolute atomic E-state index is 13.2. The van der Waals surface area contributed by atoms with Crippen LogP contribution in [0.25, 0.3) is 16.6 Å². The van der Waals surface area contributed by atoms with E-state index in [4.69, 9.17) is 5.10 Å². The molecule has 1 amide bonds. The molecule has 8 nitrogen and oxygen atoms in total. The van der Waals surface area contributed by atoms with Crippen molar-refractivity contribution in [2.24, 2.45) is 0 Å². The second-order valence-corrected chi connectivity index (χ2v) is 9.64. The minimum atomic E-state index is -0.175. The van der Waals surface area contributed by atoms with Crippen LogP contribution in [0.5, 0.6) is 0 Å². The molecule has 6 rings (SSSR count). The molecule has 2 aromatic heterocycles. The van der Waals surface area contributed by atoms with Crippen molar-refractivity contribution in [1.82, 2.24) is 25.2 Å². The van der Waals surface area contributed by atoms with E-state index in [9.17, 15) is 9.59 Å². The highest BCUT2D eigenvalue weighted by Gasteiger charge is 2.22. The standard InChI is InChI=1S/C27H30N6O2/c34-24-16-23(19-10-14-29-15-11-19)33-26(31-24)25-21(2-1-3-22(25)32-33)30-27(35)20-6-4-17(5-7-20)18-8-12-28-13-9-18/h1-7,16,18-19,28-29H,8-15H2,(H,30,35)(H,31,34). The number of aromatic nitrogens is 3. The van der Waals surface area contributed by atoms with Crippen LogP contribution in [-0.2, 0) is 0 Å². The third-order valence-electron chi connectivity index (χ3n) is 7.45.